The van der Waals surface area contributed by atoms with E-state index in [2.05, 4.69) is 12.1 Å². The van der Waals surface area contributed by atoms with Gasteiger partial charge >= 0.3 is 0 Å². The Balaban J connectivity index is 2.09. The first-order valence-electron chi connectivity index (χ1n) is 5.45. The fourth-order valence-corrected chi connectivity index (χ4v) is 2.56. The van der Waals surface area contributed by atoms with Crippen LogP contribution in [0.2, 0.25) is 0 Å². The van der Waals surface area contributed by atoms with Gasteiger partial charge in [0.2, 0.25) is 0 Å². The molecule has 17 heavy (non-hydrogen) atoms. The van der Waals surface area contributed by atoms with Gasteiger partial charge < -0.3 is 5.73 Å². The number of hydrogen-bond donors (Lipinski definition) is 1. The van der Waals surface area contributed by atoms with Gasteiger partial charge in [-0.2, -0.15) is 0 Å². The van der Waals surface area contributed by atoms with Gasteiger partial charge in [-0.15, -0.1) is 11.8 Å². The molecule has 0 bridgehead atoms. The third-order valence-corrected chi connectivity index (χ3v) is 3.59. The second-order valence-electron chi connectivity index (χ2n) is 3.72. The molecule has 0 spiro atoms. The minimum absolute atomic E-state index is 0.223. The van der Waals surface area contributed by atoms with Crippen molar-refractivity contribution >= 4 is 11.8 Å². The highest BCUT2D eigenvalue weighted by molar-refractivity contribution is 7.98. The molecular weight excluding hydrogens is 233 g/mol. The summed E-state index contributed by atoms with van der Waals surface area (Å²) in [4.78, 5) is 1.21. The SMILES string of the molecule is NCc1cc(F)ccc1CSc1ccccc1. The lowest BCUT2D eigenvalue weighted by molar-refractivity contribution is 0.624. The van der Waals surface area contributed by atoms with Crippen molar-refractivity contribution in [3.8, 4) is 0 Å². The second kappa shape index (κ2) is 5.84. The monoisotopic (exact) mass is 247 g/mol. The van der Waals surface area contributed by atoms with E-state index in [1.165, 1.54) is 17.0 Å². The van der Waals surface area contributed by atoms with E-state index in [-0.39, 0.29) is 5.82 Å². The van der Waals surface area contributed by atoms with Crippen molar-refractivity contribution in [3.63, 3.8) is 0 Å². The summed E-state index contributed by atoms with van der Waals surface area (Å²) in [5.74, 6) is 0.593. The molecular formula is C14H14FNS. The zero-order valence-corrected chi connectivity index (χ0v) is 10.2. The highest BCUT2D eigenvalue weighted by Gasteiger charge is 2.03. The molecule has 2 N–H and O–H groups in total. The minimum atomic E-state index is -0.223. The van der Waals surface area contributed by atoms with Crippen molar-refractivity contribution < 1.29 is 4.39 Å². The average Bonchev–Trinajstić information content (AvgIpc) is 2.38. The Hall–Kier alpha value is -1.32. The maximum Gasteiger partial charge on any atom is 0.123 e. The van der Waals surface area contributed by atoms with E-state index in [4.69, 9.17) is 5.73 Å². The van der Waals surface area contributed by atoms with Crippen LogP contribution in [-0.4, -0.2) is 0 Å². The lowest BCUT2D eigenvalue weighted by atomic mass is 10.1. The number of rotatable bonds is 4. The summed E-state index contributed by atoms with van der Waals surface area (Å²) in [5.41, 5.74) is 7.60. The molecule has 2 rings (SSSR count). The lowest BCUT2D eigenvalue weighted by Crippen LogP contribution is -2.01. The molecule has 0 saturated heterocycles. The lowest BCUT2D eigenvalue weighted by Gasteiger charge is -2.07. The summed E-state index contributed by atoms with van der Waals surface area (Å²) >= 11 is 1.73. The van der Waals surface area contributed by atoms with Crippen molar-refractivity contribution in [2.45, 2.75) is 17.2 Å². The first-order chi connectivity index (χ1) is 8.29. The maximum atomic E-state index is 13.0. The van der Waals surface area contributed by atoms with Gasteiger partial charge in [-0.05, 0) is 35.4 Å². The number of nitrogens with two attached hydrogens (primary N) is 1. The largest absolute Gasteiger partial charge is 0.326 e. The van der Waals surface area contributed by atoms with Crippen LogP contribution in [0.4, 0.5) is 4.39 Å². The van der Waals surface area contributed by atoms with Crippen molar-refractivity contribution in [3.05, 3.63) is 65.5 Å². The Morgan fingerprint density at radius 1 is 1.00 bits per heavy atom. The highest BCUT2D eigenvalue weighted by atomic mass is 32.2. The van der Waals surface area contributed by atoms with E-state index < -0.39 is 0 Å². The molecule has 3 heteroatoms. The standard InChI is InChI=1S/C14H14FNS/c15-13-7-6-11(12(8-13)9-16)10-17-14-4-2-1-3-5-14/h1-8H,9-10,16H2. The summed E-state index contributed by atoms with van der Waals surface area (Å²) < 4.78 is 13.0. The quantitative estimate of drug-likeness (QED) is 0.836. The summed E-state index contributed by atoms with van der Waals surface area (Å²) in [6, 6.07) is 15.0. The Morgan fingerprint density at radius 3 is 2.47 bits per heavy atom. The molecule has 88 valence electrons. The Bertz CT molecular complexity index is 485. The third kappa shape index (κ3) is 3.32. The zero-order valence-electron chi connectivity index (χ0n) is 9.40. The van der Waals surface area contributed by atoms with E-state index in [0.29, 0.717) is 6.54 Å². The van der Waals surface area contributed by atoms with E-state index in [9.17, 15) is 4.39 Å². The number of benzene rings is 2. The van der Waals surface area contributed by atoms with Gasteiger partial charge in [-0.1, -0.05) is 24.3 Å². The number of hydrogen-bond acceptors (Lipinski definition) is 2. The topological polar surface area (TPSA) is 26.0 Å². The van der Waals surface area contributed by atoms with Crippen LogP contribution in [0.1, 0.15) is 11.1 Å². The molecule has 0 fully saturated rings. The average molecular weight is 247 g/mol. The third-order valence-electron chi connectivity index (χ3n) is 2.53. The molecule has 0 saturated carbocycles. The molecule has 0 unspecified atom stereocenters. The van der Waals surface area contributed by atoms with Crippen molar-refractivity contribution in [1.82, 2.24) is 0 Å². The van der Waals surface area contributed by atoms with E-state index in [0.717, 1.165) is 16.9 Å². The van der Waals surface area contributed by atoms with E-state index in [1.807, 2.05) is 24.3 Å². The van der Waals surface area contributed by atoms with Crippen LogP contribution in [0.5, 0.6) is 0 Å². The fraction of sp³-hybridized carbons (Fsp3) is 0.143. The predicted octanol–water partition coefficient (Wildman–Crippen LogP) is 3.58. The van der Waals surface area contributed by atoms with Gasteiger partial charge in [0.1, 0.15) is 5.82 Å². The van der Waals surface area contributed by atoms with Crippen LogP contribution >= 0.6 is 11.8 Å². The smallest absolute Gasteiger partial charge is 0.123 e. The van der Waals surface area contributed by atoms with Crippen molar-refractivity contribution in [2.24, 2.45) is 5.73 Å². The Kier molecular flexibility index (Phi) is 4.18. The zero-order chi connectivity index (χ0) is 12.1. The first-order valence-corrected chi connectivity index (χ1v) is 6.43. The molecule has 0 aliphatic heterocycles. The van der Waals surface area contributed by atoms with Crippen LogP contribution < -0.4 is 5.73 Å². The molecule has 0 aliphatic rings. The van der Waals surface area contributed by atoms with Crippen LogP contribution in [-0.2, 0) is 12.3 Å². The number of thioether (sulfide) groups is 1. The van der Waals surface area contributed by atoms with Crippen LogP contribution in [0.15, 0.2) is 53.4 Å². The van der Waals surface area contributed by atoms with Crippen molar-refractivity contribution in [2.75, 3.05) is 0 Å². The van der Waals surface area contributed by atoms with Crippen LogP contribution in [0.25, 0.3) is 0 Å². The summed E-state index contributed by atoms with van der Waals surface area (Å²) in [6.07, 6.45) is 0. The summed E-state index contributed by atoms with van der Waals surface area (Å²) in [5, 5.41) is 0. The maximum absolute atomic E-state index is 13.0. The fourth-order valence-electron chi connectivity index (χ4n) is 1.60. The molecule has 0 aromatic heterocycles. The van der Waals surface area contributed by atoms with Crippen molar-refractivity contribution in [1.29, 1.82) is 0 Å². The second-order valence-corrected chi connectivity index (χ2v) is 4.77. The van der Waals surface area contributed by atoms with Gasteiger partial charge in [0.15, 0.2) is 0 Å². The molecule has 0 amide bonds. The summed E-state index contributed by atoms with van der Waals surface area (Å²) in [7, 11) is 0. The molecule has 0 atom stereocenters. The Morgan fingerprint density at radius 2 is 1.76 bits per heavy atom. The molecule has 0 aliphatic carbocycles. The molecule has 2 aromatic rings. The van der Waals surface area contributed by atoms with Gasteiger partial charge in [-0.3, -0.25) is 0 Å². The van der Waals surface area contributed by atoms with Gasteiger partial charge in [-0.25, -0.2) is 4.39 Å². The molecule has 2 aromatic carbocycles. The van der Waals surface area contributed by atoms with Crippen LogP contribution in [0, 0.1) is 5.82 Å². The molecule has 0 heterocycles. The minimum Gasteiger partial charge on any atom is -0.326 e. The Labute approximate surface area is 105 Å². The first kappa shape index (κ1) is 12.1. The highest BCUT2D eigenvalue weighted by Crippen LogP contribution is 2.24. The normalized spacial score (nSPS) is 10.5. The predicted molar refractivity (Wildman–Crippen MR) is 70.3 cm³/mol. The summed E-state index contributed by atoms with van der Waals surface area (Å²) in [6.45, 7) is 0.377. The molecule has 0 radical (unpaired) electrons. The van der Waals surface area contributed by atoms with E-state index >= 15 is 0 Å². The van der Waals surface area contributed by atoms with Crippen LogP contribution in [0.3, 0.4) is 0 Å². The van der Waals surface area contributed by atoms with Gasteiger partial charge in [0.05, 0.1) is 0 Å². The van der Waals surface area contributed by atoms with Gasteiger partial charge in [0.25, 0.3) is 0 Å². The number of halogens is 1. The van der Waals surface area contributed by atoms with E-state index in [1.54, 1.807) is 11.8 Å². The molecule has 1 nitrogen and oxygen atoms in total. The van der Waals surface area contributed by atoms with Gasteiger partial charge in [0, 0.05) is 17.2 Å².